The molecule has 1 N–H and O–H groups in total. The van der Waals surface area contributed by atoms with Crippen LogP contribution in [0.15, 0.2) is 30.5 Å². The second-order valence-corrected chi connectivity index (χ2v) is 5.34. The van der Waals surface area contributed by atoms with Crippen LogP contribution in [0.25, 0.3) is 5.69 Å². The van der Waals surface area contributed by atoms with Gasteiger partial charge < -0.3 is 5.11 Å². The molecule has 0 radical (unpaired) electrons. The summed E-state index contributed by atoms with van der Waals surface area (Å²) >= 11 is 0. The zero-order valence-corrected chi connectivity index (χ0v) is 10.7. The Morgan fingerprint density at radius 1 is 1.18 bits per heavy atom. The highest BCUT2D eigenvalue weighted by Gasteiger charge is 2.22. The van der Waals surface area contributed by atoms with E-state index in [4.69, 9.17) is 0 Å². The Bertz CT molecular complexity index is 535. The van der Waals surface area contributed by atoms with Crippen molar-refractivity contribution in [2.75, 3.05) is 0 Å². The zero-order chi connectivity index (χ0) is 12.6. The minimum absolute atomic E-state index is 0.155. The van der Waals surface area contributed by atoms with Crippen LogP contribution < -0.4 is 0 Å². The normalized spacial score (nSPS) is 11.8. The molecule has 0 fully saturated rings. The van der Waals surface area contributed by atoms with Crippen LogP contribution in [0.3, 0.4) is 0 Å². The van der Waals surface area contributed by atoms with Gasteiger partial charge >= 0.3 is 0 Å². The van der Waals surface area contributed by atoms with Crippen molar-refractivity contribution in [3.05, 3.63) is 41.7 Å². The van der Waals surface area contributed by atoms with E-state index < -0.39 is 0 Å². The van der Waals surface area contributed by atoms with Gasteiger partial charge in [0.1, 0.15) is 5.69 Å². The molecule has 0 aliphatic rings. The van der Waals surface area contributed by atoms with Crippen LogP contribution in [0.1, 0.15) is 32.0 Å². The molecule has 0 unspecified atom stereocenters. The van der Waals surface area contributed by atoms with Gasteiger partial charge in [-0.05, 0) is 18.6 Å². The van der Waals surface area contributed by atoms with E-state index in [2.05, 4.69) is 5.10 Å². The minimum atomic E-state index is -0.155. The van der Waals surface area contributed by atoms with E-state index in [0.29, 0.717) is 0 Å². The highest BCUT2D eigenvalue weighted by Crippen LogP contribution is 2.30. The first-order valence-electron chi connectivity index (χ1n) is 5.75. The molecule has 0 aliphatic heterocycles. The van der Waals surface area contributed by atoms with Crippen LogP contribution in [0, 0.1) is 6.92 Å². The Morgan fingerprint density at radius 2 is 1.82 bits per heavy atom. The van der Waals surface area contributed by atoms with Crippen LogP contribution >= 0.6 is 0 Å². The first kappa shape index (κ1) is 11.7. The summed E-state index contributed by atoms with van der Waals surface area (Å²) in [6, 6.07) is 7.99. The van der Waals surface area contributed by atoms with E-state index in [1.807, 2.05) is 52.0 Å². The van der Waals surface area contributed by atoms with Crippen LogP contribution in [0.4, 0.5) is 0 Å². The Kier molecular flexibility index (Phi) is 2.69. The van der Waals surface area contributed by atoms with Crippen molar-refractivity contribution >= 4 is 0 Å². The molecule has 17 heavy (non-hydrogen) atoms. The zero-order valence-electron chi connectivity index (χ0n) is 10.7. The van der Waals surface area contributed by atoms with Crippen molar-refractivity contribution in [1.29, 1.82) is 0 Å². The molecule has 2 aromatic rings. The SMILES string of the molecule is Cc1ccccc1-n1cc(O)c(C(C)(C)C)n1. The lowest BCUT2D eigenvalue weighted by Gasteiger charge is -2.15. The van der Waals surface area contributed by atoms with Crippen molar-refractivity contribution in [3.8, 4) is 11.4 Å². The Labute approximate surface area is 102 Å². The average molecular weight is 230 g/mol. The van der Waals surface area contributed by atoms with Gasteiger partial charge in [-0.1, -0.05) is 39.0 Å². The smallest absolute Gasteiger partial charge is 0.157 e. The third-order valence-electron chi connectivity index (χ3n) is 2.77. The molecule has 3 heteroatoms. The van der Waals surface area contributed by atoms with Gasteiger partial charge in [0.05, 0.1) is 11.9 Å². The number of hydrogen-bond acceptors (Lipinski definition) is 2. The van der Waals surface area contributed by atoms with Gasteiger partial charge in [0.25, 0.3) is 0 Å². The fourth-order valence-electron chi connectivity index (χ4n) is 1.84. The molecule has 2 rings (SSSR count). The predicted molar refractivity (Wildman–Crippen MR) is 68.7 cm³/mol. The van der Waals surface area contributed by atoms with E-state index in [9.17, 15) is 5.11 Å². The van der Waals surface area contributed by atoms with Gasteiger partial charge in [0, 0.05) is 5.41 Å². The molecule has 0 bridgehead atoms. The lowest BCUT2D eigenvalue weighted by Crippen LogP contribution is -2.13. The summed E-state index contributed by atoms with van der Waals surface area (Å²) in [5, 5.41) is 14.4. The van der Waals surface area contributed by atoms with Crippen molar-refractivity contribution in [3.63, 3.8) is 0 Å². The summed E-state index contributed by atoms with van der Waals surface area (Å²) in [6.07, 6.45) is 1.67. The number of hydrogen-bond donors (Lipinski definition) is 1. The van der Waals surface area contributed by atoms with Gasteiger partial charge in [-0.15, -0.1) is 0 Å². The maximum Gasteiger partial charge on any atom is 0.157 e. The average Bonchev–Trinajstić information content (AvgIpc) is 2.60. The van der Waals surface area contributed by atoms with E-state index in [0.717, 1.165) is 16.9 Å². The number of aryl methyl sites for hydroxylation is 1. The Morgan fingerprint density at radius 3 is 2.35 bits per heavy atom. The second kappa shape index (κ2) is 3.91. The first-order valence-corrected chi connectivity index (χ1v) is 5.75. The van der Waals surface area contributed by atoms with E-state index in [1.165, 1.54) is 0 Å². The fraction of sp³-hybridized carbons (Fsp3) is 0.357. The Hall–Kier alpha value is -1.77. The highest BCUT2D eigenvalue weighted by atomic mass is 16.3. The number of rotatable bonds is 1. The van der Waals surface area contributed by atoms with Gasteiger partial charge in [-0.25, -0.2) is 4.68 Å². The molecular weight excluding hydrogens is 212 g/mol. The number of nitrogens with zero attached hydrogens (tertiary/aromatic N) is 2. The first-order chi connectivity index (χ1) is 7.89. The largest absolute Gasteiger partial charge is 0.504 e. The van der Waals surface area contributed by atoms with Gasteiger partial charge in [-0.3, -0.25) is 0 Å². The van der Waals surface area contributed by atoms with Crippen LogP contribution in [0.5, 0.6) is 5.75 Å². The van der Waals surface area contributed by atoms with Crippen LogP contribution in [0.2, 0.25) is 0 Å². The molecule has 0 saturated heterocycles. The molecule has 0 spiro atoms. The van der Waals surface area contributed by atoms with Crippen molar-refractivity contribution < 1.29 is 5.11 Å². The molecule has 90 valence electrons. The summed E-state index contributed by atoms with van der Waals surface area (Å²) in [5.74, 6) is 0.251. The third-order valence-corrected chi connectivity index (χ3v) is 2.77. The number of aromatic nitrogens is 2. The maximum atomic E-state index is 9.94. The van der Waals surface area contributed by atoms with E-state index in [1.54, 1.807) is 10.9 Å². The molecule has 0 aliphatic carbocycles. The lowest BCUT2D eigenvalue weighted by molar-refractivity contribution is 0.444. The summed E-state index contributed by atoms with van der Waals surface area (Å²) in [5.41, 5.74) is 2.70. The molecule has 0 amide bonds. The molecule has 3 nitrogen and oxygen atoms in total. The standard InChI is InChI=1S/C14H18N2O/c1-10-7-5-6-8-11(10)16-9-12(17)13(15-16)14(2,3)4/h5-9,17H,1-4H3. The summed E-state index contributed by atoms with van der Waals surface area (Å²) in [6.45, 7) is 8.15. The Balaban J connectivity index is 2.53. The lowest BCUT2D eigenvalue weighted by atomic mass is 9.92. The number of aromatic hydroxyl groups is 1. The van der Waals surface area contributed by atoms with Gasteiger partial charge in [0.2, 0.25) is 0 Å². The summed E-state index contributed by atoms with van der Waals surface area (Å²) in [7, 11) is 0. The second-order valence-electron chi connectivity index (χ2n) is 5.34. The number of para-hydroxylation sites is 1. The predicted octanol–water partition coefficient (Wildman–Crippen LogP) is 3.18. The van der Waals surface area contributed by atoms with Gasteiger partial charge in [0.15, 0.2) is 5.75 Å². The van der Waals surface area contributed by atoms with E-state index >= 15 is 0 Å². The molecular formula is C14H18N2O. The monoisotopic (exact) mass is 230 g/mol. The highest BCUT2D eigenvalue weighted by molar-refractivity contribution is 5.42. The van der Waals surface area contributed by atoms with Gasteiger partial charge in [-0.2, -0.15) is 5.10 Å². The molecule has 1 aromatic heterocycles. The molecule has 0 saturated carbocycles. The fourth-order valence-corrected chi connectivity index (χ4v) is 1.84. The molecule has 1 aromatic carbocycles. The van der Waals surface area contributed by atoms with Crippen LogP contribution in [-0.4, -0.2) is 14.9 Å². The molecule has 1 heterocycles. The maximum absolute atomic E-state index is 9.94. The van der Waals surface area contributed by atoms with Crippen molar-refractivity contribution in [1.82, 2.24) is 9.78 Å². The summed E-state index contributed by atoms with van der Waals surface area (Å²) < 4.78 is 1.74. The minimum Gasteiger partial charge on any atom is -0.504 e. The van der Waals surface area contributed by atoms with Crippen molar-refractivity contribution in [2.45, 2.75) is 33.1 Å². The summed E-state index contributed by atoms with van der Waals surface area (Å²) in [4.78, 5) is 0. The van der Waals surface area contributed by atoms with Crippen LogP contribution in [-0.2, 0) is 5.41 Å². The molecule has 0 atom stereocenters. The van der Waals surface area contributed by atoms with Crippen molar-refractivity contribution in [2.24, 2.45) is 0 Å². The number of benzene rings is 1. The quantitative estimate of drug-likeness (QED) is 0.817. The third kappa shape index (κ3) is 2.18. The van der Waals surface area contributed by atoms with E-state index in [-0.39, 0.29) is 11.2 Å². The topological polar surface area (TPSA) is 38.0 Å².